The third kappa shape index (κ3) is 4.02. The second-order valence-electron chi connectivity index (χ2n) is 3.97. The first-order valence-corrected chi connectivity index (χ1v) is 7.93. The van der Waals surface area contributed by atoms with Gasteiger partial charge in [0, 0.05) is 33.5 Å². The minimum Gasteiger partial charge on any atom is -0.375 e. The molecule has 0 radical (unpaired) electrons. The average Bonchev–Trinajstić information content (AvgIpc) is 2.82. The van der Waals surface area contributed by atoms with Crippen molar-refractivity contribution in [2.45, 2.75) is 18.1 Å². The van der Waals surface area contributed by atoms with E-state index in [1.165, 1.54) is 7.11 Å². The molecule has 0 N–H and O–H groups in total. The first-order valence-electron chi connectivity index (χ1n) is 5.68. The molecule has 1 unspecified atom stereocenters. The van der Waals surface area contributed by atoms with E-state index in [1.807, 2.05) is 0 Å². The summed E-state index contributed by atoms with van der Waals surface area (Å²) in [5, 5.41) is 4.73. The first-order chi connectivity index (χ1) is 9.60. The van der Waals surface area contributed by atoms with Crippen LogP contribution in [0.2, 0.25) is 10.0 Å². The Bertz CT molecular complexity index is 598. The third-order valence-corrected chi connectivity index (χ3v) is 4.33. The molecule has 0 aliphatic carbocycles. The number of rotatable bonds is 6. The molecule has 0 spiro atoms. The van der Waals surface area contributed by atoms with E-state index < -0.39 is 10.8 Å². The number of benzene rings is 1. The van der Waals surface area contributed by atoms with Gasteiger partial charge in [0.2, 0.25) is 0 Å². The zero-order chi connectivity index (χ0) is 14.5. The maximum Gasteiger partial charge on any atom is 0.252 e. The van der Waals surface area contributed by atoms with Crippen LogP contribution in [0.4, 0.5) is 0 Å². The number of nitrogens with zero attached hydrogens (tertiary/aromatic N) is 2. The van der Waals surface area contributed by atoms with Crippen LogP contribution in [-0.2, 0) is 33.6 Å². The lowest BCUT2D eigenvalue weighted by atomic mass is 10.2. The molecule has 2 aromatic rings. The number of methoxy groups -OCH3 is 1. The Morgan fingerprint density at radius 2 is 2.00 bits per heavy atom. The predicted molar refractivity (Wildman–Crippen MR) is 77.0 cm³/mol. The molecular weight excluding hydrogens is 323 g/mol. The standard InChI is InChI=1S/C12H12Cl2N2O3S/c1-18-5-12-15-11(16-19-12)7-20(17)6-8-9(13)3-2-4-10(8)14/h2-4H,5-7H2,1H3. The number of halogens is 2. The van der Waals surface area contributed by atoms with Gasteiger partial charge in [0.25, 0.3) is 5.89 Å². The molecule has 8 heteroatoms. The van der Waals surface area contributed by atoms with Crippen LogP contribution >= 0.6 is 23.2 Å². The van der Waals surface area contributed by atoms with Crippen molar-refractivity contribution in [1.29, 1.82) is 0 Å². The highest BCUT2D eigenvalue weighted by molar-refractivity contribution is 7.83. The Morgan fingerprint density at radius 1 is 1.30 bits per heavy atom. The third-order valence-electron chi connectivity index (χ3n) is 2.44. The van der Waals surface area contributed by atoms with Gasteiger partial charge in [-0.25, -0.2) is 0 Å². The van der Waals surface area contributed by atoms with Gasteiger partial charge in [0.15, 0.2) is 5.82 Å². The zero-order valence-electron chi connectivity index (χ0n) is 10.6. The smallest absolute Gasteiger partial charge is 0.252 e. The lowest BCUT2D eigenvalue weighted by Crippen LogP contribution is -2.02. The molecule has 1 aromatic heterocycles. The first kappa shape index (κ1) is 15.4. The lowest BCUT2D eigenvalue weighted by molar-refractivity contribution is 0.151. The summed E-state index contributed by atoms with van der Waals surface area (Å²) < 4.78 is 21.9. The summed E-state index contributed by atoms with van der Waals surface area (Å²) in [5.74, 6) is 1.15. The van der Waals surface area contributed by atoms with Crippen molar-refractivity contribution in [2.24, 2.45) is 0 Å². The van der Waals surface area contributed by atoms with Crippen molar-refractivity contribution < 1.29 is 13.5 Å². The Kier molecular flexibility index (Phi) is 5.54. The molecular formula is C12H12Cl2N2O3S. The molecule has 0 aliphatic rings. The zero-order valence-corrected chi connectivity index (χ0v) is 13.0. The van der Waals surface area contributed by atoms with Crippen LogP contribution in [0, 0.1) is 0 Å². The van der Waals surface area contributed by atoms with E-state index >= 15 is 0 Å². The molecule has 0 fully saturated rings. The summed E-state index contributed by atoms with van der Waals surface area (Å²) in [6.45, 7) is 0.232. The molecule has 0 aliphatic heterocycles. The van der Waals surface area contributed by atoms with Gasteiger partial charge in [-0.3, -0.25) is 4.21 Å². The van der Waals surface area contributed by atoms with Gasteiger partial charge in [-0.2, -0.15) is 4.98 Å². The van der Waals surface area contributed by atoms with Crippen LogP contribution in [0.3, 0.4) is 0 Å². The van der Waals surface area contributed by atoms with Crippen LogP contribution in [0.15, 0.2) is 22.7 Å². The van der Waals surface area contributed by atoms with E-state index in [1.54, 1.807) is 18.2 Å². The predicted octanol–water partition coefficient (Wildman–Crippen LogP) is 2.97. The van der Waals surface area contributed by atoms with E-state index in [-0.39, 0.29) is 18.1 Å². The van der Waals surface area contributed by atoms with Gasteiger partial charge in [-0.15, -0.1) is 0 Å². The minimum atomic E-state index is -1.23. The highest BCUT2D eigenvalue weighted by Gasteiger charge is 2.13. The molecule has 2 rings (SSSR count). The topological polar surface area (TPSA) is 65.2 Å². The van der Waals surface area contributed by atoms with Gasteiger partial charge >= 0.3 is 0 Å². The van der Waals surface area contributed by atoms with Gasteiger partial charge in [0.1, 0.15) is 6.61 Å². The lowest BCUT2D eigenvalue weighted by Gasteiger charge is -2.05. The van der Waals surface area contributed by atoms with Crippen LogP contribution < -0.4 is 0 Å². The van der Waals surface area contributed by atoms with Crippen LogP contribution in [0.1, 0.15) is 17.3 Å². The molecule has 108 valence electrons. The van der Waals surface area contributed by atoms with Crippen LogP contribution in [0.5, 0.6) is 0 Å². The van der Waals surface area contributed by atoms with Gasteiger partial charge in [0.05, 0.1) is 11.5 Å². The number of hydrogen-bond acceptors (Lipinski definition) is 5. The normalized spacial score (nSPS) is 12.6. The number of aromatic nitrogens is 2. The van der Waals surface area contributed by atoms with Crippen molar-refractivity contribution in [3.05, 3.63) is 45.5 Å². The fraction of sp³-hybridized carbons (Fsp3) is 0.333. The second kappa shape index (κ2) is 7.17. The molecule has 0 saturated carbocycles. The Labute approximate surface area is 128 Å². The summed E-state index contributed by atoms with van der Waals surface area (Å²) in [6, 6.07) is 5.17. The van der Waals surface area contributed by atoms with E-state index in [0.717, 1.165) is 0 Å². The summed E-state index contributed by atoms with van der Waals surface area (Å²) in [5.41, 5.74) is 0.662. The maximum absolute atomic E-state index is 12.1. The van der Waals surface area contributed by atoms with Crippen molar-refractivity contribution >= 4 is 34.0 Å². The van der Waals surface area contributed by atoms with E-state index in [0.29, 0.717) is 27.3 Å². The largest absolute Gasteiger partial charge is 0.375 e. The molecule has 20 heavy (non-hydrogen) atoms. The fourth-order valence-corrected chi connectivity index (χ4v) is 3.39. The Hall–Kier alpha value is -0.950. The minimum absolute atomic E-state index is 0.175. The van der Waals surface area contributed by atoms with Crippen molar-refractivity contribution in [1.82, 2.24) is 10.1 Å². The highest BCUT2D eigenvalue weighted by atomic mass is 35.5. The number of ether oxygens (including phenoxy) is 1. The van der Waals surface area contributed by atoms with Crippen LogP contribution in [0.25, 0.3) is 0 Å². The average molecular weight is 335 g/mol. The molecule has 0 amide bonds. The van der Waals surface area contributed by atoms with Gasteiger partial charge in [-0.1, -0.05) is 34.4 Å². The quantitative estimate of drug-likeness (QED) is 0.812. The van der Waals surface area contributed by atoms with E-state index in [9.17, 15) is 4.21 Å². The van der Waals surface area contributed by atoms with E-state index in [4.69, 9.17) is 32.5 Å². The fourth-order valence-electron chi connectivity index (χ4n) is 1.56. The SMILES string of the molecule is COCc1nc(CS(=O)Cc2c(Cl)cccc2Cl)no1. The maximum atomic E-state index is 12.1. The Morgan fingerprint density at radius 3 is 2.65 bits per heavy atom. The second-order valence-corrected chi connectivity index (χ2v) is 6.24. The summed E-state index contributed by atoms with van der Waals surface area (Å²) in [7, 11) is 0.301. The highest BCUT2D eigenvalue weighted by Crippen LogP contribution is 2.25. The Balaban J connectivity index is 2.01. The summed E-state index contributed by atoms with van der Waals surface area (Å²) in [4.78, 5) is 4.06. The van der Waals surface area contributed by atoms with E-state index in [2.05, 4.69) is 10.1 Å². The molecule has 0 saturated heterocycles. The van der Waals surface area contributed by atoms with Crippen LogP contribution in [-0.4, -0.2) is 21.5 Å². The number of hydrogen-bond donors (Lipinski definition) is 0. The summed E-state index contributed by atoms with van der Waals surface area (Å²) in [6.07, 6.45) is 0. The molecule has 1 atom stereocenters. The monoisotopic (exact) mass is 334 g/mol. The summed E-state index contributed by atoms with van der Waals surface area (Å²) >= 11 is 12.1. The molecule has 5 nitrogen and oxygen atoms in total. The van der Waals surface area contributed by atoms with Crippen molar-refractivity contribution in [3.8, 4) is 0 Å². The molecule has 1 heterocycles. The van der Waals surface area contributed by atoms with Crippen molar-refractivity contribution in [3.63, 3.8) is 0 Å². The molecule has 0 bridgehead atoms. The molecule has 1 aromatic carbocycles. The van der Waals surface area contributed by atoms with Gasteiger partial charge < -0.3 is 9.26 Å². The van der Waals surface area contributed by atoms with Gasteiger partial charge in [-0.05, 0) is 12.1 Å². The van der Waals surface area contributed by atoms with Crippen molar-refractivity contribution in [2.75, 3.05) is 7.11 Å².